The van der Waals surface area contributed by atoms with Crippen LogP contribution in [0.2, 0.25) is 10.3 Å². The number of ether oxygens (including phenoxy) is 1. The van der Waals surface area contributed by atoms with Gasteiger partial charge < -0.3 is 10.1 Å². The van der Waals surface area contributed by atoms with Crippen molar-refractivity contribution >= 4 is 28.9 Å². The Morgan fingerprint density at radius 2 is 1.89 bits per heavy atom. The van der Waals surface area contributed by atoms with Gasteiger partial charge in [-0.2, -0.15) is 0 Å². The van der Waals surface area contributed by atoms with Crippen molar-refractivity contribution in [1.82, 2.24) is 10.2 Å². The summed E-state index contributed by atoms with van der Waals surface area (Å²) >= 11 is 11.7. The van der Waals surface area contributed by atoms with Gasteiger partial charge in [-0.05, 0) is 24.1 Å². The summed E-state index contributed by atoms with van der Waals surface area (Å²) in [4.78, 5) is 0. The Bertz CT molecular complexity index is 546. The van der Waals surface area contributed by atoms with E-state index in [-0.39, 0.29) is 0 Å². The number of halogens is 2. The first-order valence-corrected chi connectivity index (χ1v) is 6.50. The van der Waals surface area contributed by atoms with Gasteiger partial charge in [0, 0.05) is 12.6 Å². The third-order valence-corrected chi connectivity index (χ3v) is 3.07. The highest BCUT2D eigenvalue weighted by Crippen LogP contribution is 2.20. The summed E-state index contributed by atoms with van der Waals surface area (Å²) in [5, 5.41) is 11.2. The first-order valence-electron chi connectivity index (χ1n) is 5.74. The molecule has 0 radical (unpaired) electrons. The van der Waals surface area contributed by atoms with Crippen molar-refractivity contribution in [3.05, 3.63) is 46.2 Å². The maximum atomic E-state index is 5.91. The molecule has 0 aliphatic carbocycles. The molecule has 0 unspecified atom stereocenters. The maximum absolute atomic E-state index is 5.91. The molecule has 6 heteroatoms. The standard InChI is InChI=1S/C13H13Cl2N3O/c1-19-10-4-2-9(3-5-10)6-7-16-11-8-12(14)17-18-13(11)15/h2-5,8H,6-7H2,1H3,(H,16,17). The van der Waals surface area contributed by atoms with Crippen LogP contribution in [0.4, 0.5) is 5.69 Å². The highest BCUT2D eigenvalue weighted by Gasteiger charge is 2.03. The van der Waals surface area contributed by atoms with Crippen LogP contribution in [-0.2, 0) is 6.42 Å². The van der Waals surface area contributed by atoms with Gasteiger partial charge in [0.1, 0.15) is 5.75 Å². The lowest BCUT2D eigenvalue weighted by atomic mass is 10.1. The summed E-state index contributed by atoms with van der Waals surface area (Å²) in [6.07, 6.45) is 0.861. The van der Waals surface area contributed by atoms with Crippen LogP contribution in [0.25, 0.3) is 0 Å². The van der Waals surface area contributed by atoms with Crippen molar-refractivity contribution in [1.29, 1.82) is 0 Å². The van der Waals surface area contributed by atoms with Crippen LogP contribution in [0.1, 0.15) is 5.56 Å². The second-order valence-electron chi connectivity index (χ2n) is 3.90. The van der Waals surface area contributed by atoms with Crippen molar-refractivity contribution in [2.75, 3.05) is 19.0 Å². The lowest BCUT2D eigenvalue weighted by molar-refractivity contribution is 0.414. The summed E-state index contributed by atoms with van der Waals surface area (Å²) in [5.74, 6) is 0.852. The van der Waals surface area contributed by atoms with Crippen LogP contribution >= 0.6 is 23.2 Å². The third kappa shape index (κ3) is 3.98. The largest absolute Gasteiger partial charge is 0.497 e. The number of hydrogen-bond donors (Lipinski definition) is 1. The van der Waals surface area contributed by atoms with Gasteiger partial charge in [0.05, 0.1) is 12.8 Å². The Kier molecular flexibility index (Phi) is 4.82. The minimum Gasteiger partial charge on any atom is -0.497 e. The molecule has 100 valence electrons. The topological polar surface area (TPSA) is 47.0 Å². The van der Waals surface area contributed by atoms with Gasteiger partial charge in [-0.15, -0.1) is 10.2 Å². The lowest BCUT2D eigenvalue weighted by Crippen LogP contribution is -2.06. The first-order chi connectivity index (χ1) is 9.19. The number of methoxy groups -OCH3 is 1. The Hall–Kier alpha value is -1.52. The monoisotopic (exact) mass is 297 g/mol. The molecule has 1 aromatic carbocycles. The molecule has 0 amide bonds. The predicted molar refractivity (Wildman–Crippen MR) is 77.2 cm³/mol. The molecule has 19 heavy (non-hydrogen) atoms. The molecule has 0 saturated heterocycles. The number of benzene rings is 1. The minimum absolute atomic E-state index is 0.316. The molecule has 4 nitrogen and oxygen atoms in total. The smallest absolute Gasteiger partial charge is 0.174 e. The summed E-state index contributed by atoms with van der Waals surface area (Å²) in [7, 11) is 1.65. The zero-order chi connectivity index (χ0) is 13.7. The second-order valence-corrected chi connectivity index (χ2v) is 4.64. The molecular formula is C13H13Cl2N3O. The van der Waals surface area contributed by atoms with Crippen molar-refractivity contribution in [3.8, 4) is 5.75 Å². The van der Waals surface area contributed by atoms with E-state index in [4.69, 9.17) is 27.9 Å². The van der Waals surface area contributed by atoms with Crippen molar-refractivity contribution < 1.29 is 4.74 Å². The number of aromatic nitrogens is 2. The van der Waals surface area contributed by atoms with E-state index >= 15 is 0 Å². The number of hydrogen-bond acceptors (Lipinski definition) is 4. The Morgan fingerprint density at radius 1 is 1.16 bits per heavy atom. The fourth-order valence-corrected chi connectivity index (χ4v) is 1.92. The molecule has 0 bridgehead atoms. The maximum Gasteiger partial charge on any atom is 0.174 e. The predicted octanol–water partition coefficient (Wildman–Crippen LogP) is 3.45. The van der Waals surface area contributed by atoms with Gasteiger partial charge in [-0.25, -0.2) is 0 Å². The van der Waals surface area contributed by atoms with Gasteiger partial charge in [-0.1, -0.05) is 35.3 Å². The molecule has 0 spiro atoms. The van der Waals surface area contributed by atoms with Crippen LogP contribution in [0.3, 0.4) is 0 Å². The molecule has 2 rings (SSSR count). The van der Waals surface area contributed by atoms with Crippen LogP contribution in [-0.4, -0.2) is 23.9 Å². The molecule has 1 N–H and O–H groups in total. The molecule has 0 aliphatic rings. The van der Waals surface area contributed by atoms with Crippen LogP contribution in [0, 0.1) is 0 Å². The van der Waals surface area contributed by atoms with E-state index in [0.717, 1.165) is 18.7 Å². The number of anilines is 1. The average Bonchev–Trinajstić information content (AvgIpc) is 2.43. The summed E-state index contributed by atoms with van der Waals surface area (Å²) in [5.41, 5.74) is 1.90. The Labute approximate surface area is 121 Å². The first kappa shape index (κ1) is 13.9. The van der Waals surface area contributed by atoms with Gasteiger partial charge in [0.2, 0.25) is 0 Å². The zero-order valence-electron chi connectivity index (χ0n) is 10.4. The van der Waals surface area contributed by atoms with E-state index in [0.29, 0.717) is 16.0 Å². The number of nitrogens with one attached hydrogen (secondary N) is 1. The van der Waals surface area contributed by atoms with Gasteiger partial charge in [0.15, 0.2) is 10.3 Å². The van der Waals surface area contributed by atoms with E-state index in [1.807, 2.05) is 24.3 Å². The van der Waals surface area contributed by atoms with Crippen molar-refractivity contribution in [2.45, 2.75) is 6.42 Å². The Morgan fingerprint density at radius 3 is 2.58 bits per heavy atom. The average molecular weight is 298 g/mol. The van der Waals surface area contributed by atoms with E-state index in [1.165, 1.54) is 5.56 Å². The molecule has 2 aromatic rings. The molecule has 0 fully saturated rings. The van der Waals surface area contributed by atoms with Crippen molar-refractivity contribution in [2.24, 2.45) is 0 Å². The van der Waals surface area contributed by atoms with E-state index in [9.17, 15) is 0 Å². The van der Waals surface area contributed by atoms with Gasteiger partial charge in [-0.3, -0.25) is 0 Å². The quantitative estimate of drug-likeness (QED) is 0.918. The van der Waals surface area contributed by atoms with Crippen LogP contribution in [0.15, 0.2) is 30.3 Å². The molecule has 0 aliphatic heterocycles. The van der Waals surface area contributed by atoms with E-state index in [1.54, 1.807) is 13.2 Å². The normalized spacial score (nSPS) is 10.3. The van der Waals surface area contributed by atoms with Gasteiger partial charge >= 0.3 is 0 Å². The fraction of sp³-hybridized carbons (Fsp3) is 0.231. The van der Waals surface area contributed by atoms with Crippen molar-refractivity contribution in [3.63, 3.8) is 0 Å². The molecule has 0 saturated carbocycles. The summed E-state index contributed by atoms with van der Waals surface area (Å²) in [6.45, 7) is 0.730. The summed E-state index contributed by atoms with van der Waals surface area (Å²) < 4.78 is 5.11. The fourth-order valence-electron chi connectivity index (χ4n) is 1.61. The number of rotatable bonds is 5. The Balaban J connectivity index is 1.90. The molecule has 1 aromatic heterocycles. The highest BCUT2D eigenvalue weighted by atomic mass is 35.5. The van der Waals surface area contributed by atoms with Crippen LogP contribution in [0.5, 0.6) is 5.75 Å². The molecular weight excluding hydrogens is 285 g/mol. The van der Waals surface area contributed by atoms with Crippen LogP contribution < -0.4 is 10.1 Å². The molecule has 1 heterocycles. The van der Waals surface area contributed by atoms with Gasteiger partial charge in [0.25, 0.3) is 0 Å². The highest BCUT2D eigenvalue weighted by molar-refractivity contribution is 6.33. The summed E-state index contributed by atoms with van der Waals surface area (Å²) in [6, 6.07) is 9.59. The zero-order valence-corrected chi connectivity index (χ0v) is 11.9. The third-order valence-electron chi connectivity index (χ3n) is 2.61. The minimum atomic E-state index is 0.316. The lowest BCUT2D eigenvalue weighted by Gasteiger charge is -2.08. The number of nitrogens with zero attached hydrogens (tertiary/aromatic N) is 2. The second kappa shape index (κ2) is 6.59. The van der Waals surface area contributed by atoms with E-state index < -0.39 is 0 Å². The van der Waals surface area contributed by atoms with E-state index in [2.05, 4.69) is 15.5 Å². The SMILES string of the molecule is COc1ccc(CCNc2cc(Cl)nnc2Cl)cc1. The molecule has 0 atom stereocenters.